The van der Waals surface area contributed by atoms with Crippen LogP contribution in [0.25, 0.3) is 0 Å². The molecule has 0 aliphatic rings. The van der Waals surface area contributed by atoms with Gasteiger partial charge in [-0.2, -0.15) is 13.2 Å². The molecule has 3 N–H and O–H groups in total. The van der Waals surface area contributed by atoms with Gasteiger partial charge in [-0.25, -0.2) is 19.3 Å². The van der Waals surface area contributed by atoms with Gasteiger partial charge in [0.1, 0.15) is 11.3 Å². The Morgan fingerprint density at radius 3 is 2.62 bits per heavy atom. The number of thiazole rings is 1. The molecule has 0 aliphatic heterocycles. The molecule has 1 atom stereocenters. The molecule has 3 aromatic rings. The highest BCUT2D eigenvalue weighted by atomic mass is 35.5. The van der Waals surface area contributed by atoms with Crippen molar-refractivity contribution in [3.63, 3.8) is 0 Å². The molecule has 0 spiro atoms. The summed E-state index contributed by atoms with van der Waals surface area (Å²) in [7, 11) is 0. The highest BCUT2D eigenvalue weighted by molar-refractivity contribution is 7.13. The van der Waals surface area contributed by atoms with Crippen molar-refractivity contribution in [1.82, 2.24) is 25.3 Å². The molecule has 0 saturated carbocycles. The molecule has 1 unspecified atom stereocenters. The number of pyridine rings is 1. The van der Waals surface area contributed by atoms with E-state index in [4.69, 9.17) is 17.3 Å². The quantitative estimate of drug-likeness (QED) is 0.401. The number of nitrogen functional groups attached to an aromatic ring is 1. The third kappa shape index (κ3) is 5.16. The van der Waals surface area contributed by atoms with Gasteiger partial charge in [-0.3, -0.25) is 14.6 Å². The van der Waals surface area contributed by atoms with Crippen molar-refractivity contribution < 1.29 is 27.2 Å². The van der Waals surface area contributed by atoms with Gasteiger partial charge >= 0.3 is 6.18 Å². The van der Waals surface area contributed by atoms with Crippen LogP contribution in [0.4, 0.5) is 23.4 Å². The van der Waals surface area contributed by atoms with E-state index in [0.717, 1.165) is 23.9 Å². The van der Waals surface area contributed by atoms with E-state index in [-0.39, 0.29) is 10.6 Å². The number of carbonyl (C=O) groups excluding carboxylic acids is 2. The van der Waals surface area contributed by atoms with Crippen molar-refractivity contribution in [2.24, 2.45) is 0 Å². The number of anilines is 1. The molecule has 3 heterocycles. The van der Waals surface area contributed by atoms with Crippen LogP contribution >= 0.6 is 22.9 Å². The lowest BCUT2D eigenvalue weighted by Crippen LogP contribution is -2.28. The zero-order valence-corrected chi connectivity index (χ0v) is 17.6. The van der Waals surface area contributed by atoms with Gasteiger partial charge in [0.15, 0.2) is 23.1 Å². The highest BCUT2D eigenvalue weighted by Crippen LogP contribution is 2.34. The van der Waals surface area contributed by atoms with Crippen molar-refractivity contribution in [3.05, 3.63) is 62.5 Å². The summed E-state index contributed by atoms with van der Waals surface area (Å²) in [4.78, 5) is 39.6. The lowest BCUT2D eigenvalue weighted by atomic mass is 10.1. The third-order valence-electron chi connectivity index (χ3n) is 4.11. The Labute approximate surface area is 186 Å². The lowest BCUT2D eigenvalue weighted by molar-refractivity contribution is -0.137. The van der Waals surface area contributed by atoms with Gasteiger partial charge in [-0.05, 0) is 13.0 Å². The molecule has 3 rings (SSSR count). The number of amides is 1. The Kier molecular flexibility index (Phi) is 6.69. The third-order valence-corrected chi connectivity index (χ3v) is 5.63. The summed E-state index contributed by atoms with van der Waals surface area (Å²) in [5, 5.41) is 2.21. The minimum absolute atomic E-state index is 0.111. The van der Waals surface area contributed by atoms with E-state index >= 15 is 0 Å². The smallest absolute Gasteiger partial charge is 0.381 e. The molecule has 0 fully saturated rings. The number of Topliss-reactive ketones (excluding diaryl/α,β-unsaturated/α-hetero) is 1. The second kappa shape index (κ2) is 9.12. The predicted molar refractivity (Wildman–Crippen MR) is 107 cm³/mol. The summed E-state index contributed by atoms with van der Waals surface area (Å²) in [5.41, 5.74) is 3.56. The van der Waals surface area contributed by atoms with Crippen molar-refractivity contribution in [1.29, 1.82) is 0 Å². The normalized spacial score (nSPS) is 12.4. The van der Waals surface area contributed by atoms with Crippen LogP contribution in [0.15, 0.2) is 24.8 Å². The van der Waals surface area contributed by atoms with Gasteiger partial charge < -0.3 is 11.1 Å². The van der Waals surface area contributed by atoms with Crippen molar-refractivity contribution >= 4 is 40.4 Å². The minimum Gasteiger partial charge on any atom is -0.381 e. The molecule has 8 nitrogen and oxygen atoms in total. The zero-order chi connectivity index (χ0) is 23.6. The fraction of sp³-hybridized carbons (Fsp3) is 0.222. The number of nitrogens with one attached hydrogen (secondary N) is 1. The summed E-state index contributed by atoms with van der Waals surface area (Å²) >= 11 is 6.45. The Morgan fingerprint density at radius 2 is 1.94 bits per heavy atom. The Morgan fingerprint density at radius 1 is 1.22 bits per heavy atom. The molecular formula is C18H13ClF4N6O2S. The maximum atomic E-state index is 13.9. The second-order valence-electron chi connectivity index (χ2n) is 6.43. The molecule has 14 heteroatoms. The van der Waals surface area contributed by atoms with Crippen LogP contribution in [0.3, 0.4) is 0 Å². The first-order valence-corrected chi connectivity index (χ1v) is 9.94. The lowest BCUT2D eigenvalue weighted by Gasteiger charge is -2.11. The van der Waals surface area contributed by atoms with E-state index < -0.39 is 58.2 Å². The standard InChI is InChI=1S/C18H13ClF4N6O2S/c1-7(29-16(31)14-13(20)15(24)28-6-27-14)17-26-5-12(32-17)11(30)3-8-2-9(18(21,22)23)10(19)4-25-8/h2,4-7H,3H2,1H3,(H,29,31)(H2,24,27,28). The van der Waals surface area contributed by atoms with E-state index in [0.29, 0.717) is 11.1 Å². The van der Waals surface area contributed by atoms with Crippen molar-refractivity contribution in [2.45, 2.75) is 25.6 Å². The zero-order valence-electron chi connectivity index (χ0n) is 16.1. The van der Waals surface area contributed by atoms with Crippen LogP contribution in [-0.4, -0.2) is 31.6 Å². The number of rotatable bonds is 6. The first-order valence-electron chi connectivity index (χ1n) is 8.74. The fourth-order valence-corrected chi connectivity index (χ4v) is 3.60. The fourth-order valence-electron chi connectivity index (χ4n) is 2.53. The maximum Gasteiger partial charge on any atom is 0.417 e. The SMILES string of the molecule is CC(NC(=O)c1ncnc(N)c1F)c1ncc(C(=O)Cc2cc(C(F)(F)F)c(Cl)cn2)s1. The number of nitrogens with two attached hydrogens (primary N) is 1. The summed E-state index contributed by atoms with van der Waals surface area (Å²) in [6, 6.07) is -0.0115. The van der Waals surface area contributed by atoms with Gasteiger partial charge in [-0.1, -0.05) is 11.6 Å². The Bertz CT molecular complexity index is 1190. The topological polar surface area (TPSA) is 124 Å². The van der Waals surface area contributed by atoms with Crippen LogP contribution in [-0.2, 0) is 12.6 Å². The molecule has 0 aromatic carbocycles. The van der Waals surface area contributed by atoms with Gasteiger partial charge in [0.2, 0.25) is 0 Å². The number of ketones is 1. The molecule has 0 bridgehead atoms. The van der Waals surface area contributed by atoms with Gasteiger partial charge in [0.05, 0.1) is 27.9 Å². The molecule has 32 heavy (non-hydrogen) atoms. The second-order valence-corrected chi connectivity index (χ2v) is 7.90. The van der Waals surface area contributed by atoms with Gasteiger partial charge in [-0.15, -0.1) is 11.3 Å². The van der Waals surface area contributed by atoms with Gasteiger partial charge in [0.25, 0.3) is 5.91 Å². The molecule has 0 aliphatic carbocycles. The number of hydrogen-bond acceptors (Lipinski definition) is 8. The largest absolute Gasteiger partial charge is 0.417 e. The molecular weight excluding hydrogens is 476 g/mol. The summed E-state index contributed by atoms with van der Waals surface area (Å²) in [6.07, 6.45) is -2.09. The predicted octanol–water partition coefficient (Wildman–Crippen LogP) is 3.64. The van der Waals surface area contributed by atoms with Crippen LogP contribution < -0.4 is 11.1 Å². The first-order chi connectivity index (χ1) is 15.0. The van der Waals surface area contributed by atoms with Crippen LogP contribution in [0.2, 0.25) is 5.02 Å². The number of nitrogens with zero attached hydrogens (tertiary/aromatic N) is 4. The van der Waals surface area contributed by atoms with E-state index in [9.17, 15) is 27.2 Å². The summed E-state index contributed by atoms with van der Waals surface area (Å²) in [5.74, 6) is -2.94. The van der Waals surface area contributed by atoms with E-state index in [1.165, 1.54) is 6.20 Å². The van der Waals surface area contributed by atoms with E-state index in [2.05, 4.69) is 25.3 Å². The molecule has 3 aromatic heterocycles. The van der Waals surface area contributed by atoms with E-state index in [1.54, 1.807) is 6.92 Å². The number of carbonyl (C=O) groups is 2. The van der Waals surface area contributed by atoms with Crippen molar-refractivity contribution in [3.8, 4) is 0 Å². The van der Waals surface area contributed by atoms with Crippen LogP contribution in [0.1, 0.15) is 49.4 Å². The van der Waals surface area contributed by atoms with Crippen LogP contribution in [0.5, 0.6) is 0 Å². The van der Waals surface area contributed by atoms with Crippen LogP contribution in [0, 0.1) is 5.82 Å². The first kappa shape index (κ1) is 23.5. The molecule has 1 amide bonds. The highest BCUT2D eigenvalue weighted by Gasteiger charge is 2.34. The number of alkyl halides is 3. The number of aromatic nitrogens is 4. The van der Waals surface area contributed by atoms with Gasteiger partial charge in [0, 0.05) is 18.1 Å². The molecule has 0 radical (unpaired) electrons. The molecule has 168 valence electrons. The average molecular weight is 489 g/mol. The van der Waals surface area contributed by atoms with E-state index in [1.807, 2.05) is 0 Å². The monoisotopic (exact) mass is 488 g/mol. The number of halogens is 5. The maximum absolute atomic E-state index is 13.9. The Hall–Kier alpha value is -3.19. The molecule has 0 saturated heterocycles. The number of hydrogen-bond donors (Lipinski definition) is 2. The Balaban J connectivity index is 1.70. The van der Waals surface area contributed by atoms with Crippen molar-refractivity contribution in [2.75, 3.05) is 5.73 Å². The average Bonchev–Trinajstić information content (AvgIpc) is 3.21. The summed E-state index contributed by atoms with van der Waals surface area (Å²) < 4.78 is 52.8. The summed E-state index contributed by atoms with van der Waals surface area (Å²) in [6.45, 7) is 1.55. The minimum atomic E-state index is -4.68.